The van der Waals surface area contributed by atoms with E-state index in [-0.39, 0.29) is 5.91 Å². The lowest BCUT2D eigenvalue weighted by molar-refractivity contribution is -0.131. The molecule has 1 amide bonds. The number of carbonyl (C=O) groups excluding carboxylic acids is 1. The number of hydrogen-bond donors (Lipinski definition) is 1. The second-order valence-electron chi connectivity index (χ2n) is 7.56. The third kappa shape index (κ3) is 3.11. The summed E-state index contributed by atoms with van der Waals surface area (Å²) in [6.45, 7) is 5.26. The molecule has 0 bridgehead atoms. The molecule has 0 unspecified atom stereocenters. The molecule has 1 aliphatic rings. The average Bonchev–Trinajstić information content (AvgIpc) is 3.32. The second kappa shape index (κ2) is 7.39. The summed E-state index contributed by atoms with van der Waals surface area (Å²) >= 11 is 5.10. The molecule has 0 radical (unpaired) electrons. The Morgan fingerprint density at radius 3 is 2.93 bits per heavy atom. The topological polar surface area (TPSA) is 79.2 Å². The summed E-state index contributed by atoms with van der Waals surface area (Å²) in [4.78, 5) is 27.7. The highest BCUT2D eigenvalue weighted by molar-refractivity contribution is 9.10. The summed E-state index contributed by atoms with van der Waals surface area (Å²) in [5.41, 5.74) is 6.23. The lowest BCUT2D eigenvalue weighted by atomic mass is 10.0. The highest BCUT2D eigenvalue weighted by Gasteiger charge is 2.26. The van der Waals surface area contributed by atoms with Crippen LogP contribution in [0.2, 0.25) is 0 Å². The fourth-order valence-corrected chi connectivity index (χ4v) is 5.01. The van der Waals surface area contributed by atoms with E-state index >= 15 is 0 Å². The van der Waals surface area contributed by atoms with Gasteiger partial charge in [-0.05, 0) is 42.1 Å². The zero-order valence-electron chi connectivity index (χ0n) is 17.0. The van der Waals surface area contributed by atoms with Gasteiger partial charge in [0.05, 0.1) is 11.9 Å². The number of para-hydroxylation sites is 1. The van der Waals surface area contributed by atoms with E-state index in [9.17, 15) is 4.79 Å². The molecule has 154 valence electrons. The number of aryl methyl sites for hydroxylation is 2. The van der Waals surface area contributed by atoms with E-state index in [1.807, 2.05) is 37.1 Å². The van der Waals surface area contributed by atoms with Gasteiger partial charge in [0.15, 0.2) is 0 Å². The SMILES string of the molecule is CSc1nc2nc(C)c(CC(=O)N3CCc4[nH]c5c(Br)cccc5c4C3)c(C)n2n1. The van der Waals surface area contributed by atoms with Crippen LogP contribution in [0.25, 0.3) is 16.7 Å². The van der Waals surface area contributed by atoms with Crippen molar-refractivity contribution < 1.29 is 4.79 Å². The van der Waals surface area contributed by atoms with E-state index < -0.39 is 0 Å². The van der Waals surface area contributed by atoms with Crippen LogP contribution < -0.4 is 0 Å². The number of benzene rings is 1. The highest BCUT2D eigenvalue weighted by Crippen LogP contribution is 2.32. The maximum Gasteiger partial charge on any atom is 0.253 e. The Morgan fingerprint density at radius 2 is 2.13 bits per heavy atom. The first-order chi connectivity index (χ1) is 14.5. The molecule has 0 atom stereocenters. The molecule has 1 aliphatic heterocycles. The molecule has 4 heterocycles. The molecule has 1 N–H and O–H groups in total. The van der Waals surface area contributed by atoms with Crippen LogP contribution in [0, 0.1) is 13.8 Å². The number of nitrogens with one attached hydrogen (secondary N) is 1. The fraction of sp³-hybridized carbons (Fsp3) is 0.333. The molecule has 4 aromatic rings. The van der Waals surface area contributed by atoms with E-state index in [0.29, 0.717) is 30.4 Å². The summed E-state index contributed by atoms with van der Waals surface area (Å²) in [5, 5.41) is 6.35. The molecule has 0 spiro atoms. The smallest absolute Gasteiger partial charge is 0.253 e. The zero-order valence-corrected chi connectivity index (χ0v) is 19.4. The average molecular weight is 485 g/mol. The van der Waals surface area contributed by atoms with Crippen LogP contribution in [0.15, 0.2) is 27.8 Å². The first kappa shape index (κ1) is 19.6. The van der Waals surface area contributed by atoms with Crippen molar-refractivity contribution in [1.29, 1.82) is 0 Å². The normalized spacial score (nSPS) is 13.9. The minimum absolute atomic E-state index is 0.113. The lowest BCUT2D eigenvalue weighted by Crippen LogP contribution is -2.37. The van der Waals surface area contributed by atoms with Gasteiger partial charge in [0, 0.05) is 57.6 Å². The van der Waals surface area contributed by atoms with E-state index in [2.05, 4.69) is 42.0 Å². The van der Waals surface area contributed by atoms with Crippen LogP contribution in [0.4, 0.5) is 0 Å². The first-order valence-corrected chi connectivity index (χ1v) is 11.8. The largest absolute Gasteiger partial charge is 0.357 e. The Labute approximate surface area is 186 Å². The minimum Gasteiger partial charge on any atom is -0.357 e. The van der Waals surface area contributed by atoms with Crippen molar-refractivity contribution in [3.8, 4) is 0 Å². The summed E-state index contributed by atoms with van der Waals surface area (Å²) in [6.07, 6.45) is 3.09. The Balaban J connectivity index is 1.44. The van der Waals surface area contributed by atoms with Gasteiger partial charge in [0.2, 0.25) is 11.1 Å². The van der Waals surface area contributed by atoms with Crippen LogP contribution in [0.5, 0.6) is 0 Å². The number of fused-ring (bicyclic) bond motifs is 4. The van der Waals surface area contributed by atoms with Gasteiger partial charge in [0.1, 0.15) is 0 Å². The van der Waals surface area contributed by atoms with E-state index in [1.165, 1.54) is 28.4 Å². The molecule has 0 saturated heterocycles. The summed E-state index contributed by atoms with van der Waals surface area (Å²) in [5.74, 6) is 0.695. The maximum atomic E-state index is 13.2. The van der Waals surface area contributed by atoms with E-state index in [1.54, 1.807) is 4.52 Å². The van der Waals surface area contributed by atoms with Crippen LogP contribution in [-0.2, 0) is 24.2 Å². The molecule has 0 saturated carbocycles. The molecule has 30 heavy (non-hydrogen) atoms. The molecular formula is C21H21BrN6OS. The van der Waals surface area contributed by atoms with E-state index in [0.717, 1.165) is 33.4 Å². The van der Waals surface area contributed by atoms with Crippen molar-refractivity contribution >= 4 is 50.3 Å². The predicted molar refractivity (Wildman–Crippen MR) is 121 cm³/mol. The quantitative estimate of drug-likeness (QED) is 0.447. The molecule has 3 aromatic heterocycles. The number of hydrogen-bond acceptors (Lipinski definition) is 5. The Morgan fingerprint density at radius 1 is 1.30 bits per heavy atom. The van der Waals surface area contributed by atoms with Gasteiger partial charge in [-0.1, -0.05) is 23.9 Å². The third-order valence-corrected chi connectivity index (χ3v) is 7.05. The maximum absolute atomic E-state index is 13.2. The zero-order chi connectivity index (χ0) is 21.0. The van der Waals surface area contributed by atoms with Crippen molar-refractivity contribution in [2.75, 3.05) is 12.8 Å². The van der Waals surface area contributed by atoms with Crippen LogP contribution >= 0.6 is 27.7 Å². The standard InChI is InChI=1S/C21H21BrN6OS/c1-11-14(12(2)28-20(23-11)25-21(26-28)30-3)9-18(29)27-8-7-17-15(10-27)13-5-4-6-16(22)19(13)24-17/h4-6,24H,7-10H2,1-3H3. The second-order valence-corrected chi connectivity index (χ2v) is 9.19. The van der Waals surface area contributed by atoms with Gasteiger partial charge in [-0.15, -0.1) is 5.10 Å². The van der Waals surface area contributed by atoms with Crippen molar-refractivity contribution in [3.63, 3.8) is 0 Å². The summed E-state index contributed by atoms with van der Waals surface area (Å²) in [6, 6.07) is 6.19. The number of aromatic amines is 1. The van der Waals surface area contributed by atoms with Crippen molar-refractivity contribution in [1.82, 2.24) is 29.5 Å². The number of carbonyl (C=O) groups is 1. The molecule has 7 nitrogen and oxygen atoms in total. The number of rotatable bonds is 3. The number of amides is 1. The van der Waals surface area contributed by atoms with Crippen molar-refractivity contribution in [2.45, 2.75) is 38.4 Å². The highest BCUT2D eigenvalue weighted by atomic mass is 79.9. The molecular weight excluding hydrogens is 464 g/mol. The molecule has 9 heteroatoms. The molecule has 5 rings (SSSR count). The van der Waals surface area contributed by atoms with Crippen LogP contribution in [-0.4, -0.2) is 48.2 Å². The summed E-state index contributed by atoms with van der Waals surface area (Å²) < 4.78 is 2.79. The van der Waals surface area contributed by atoms with Gasteiger partial charge in [0.25, 0.3) is 5.78 Å². The first-order valence-electron chi connectivity index (χ1n) is 9.79. The van der Waals surface area contributed by atoms with Crippen LogP contribution in [0.1, 0.15) is 28.2 Å². The van der Waals surface area contributed by atoms with Gasteiger partial charge in [-0.2, -0.15) is 4.98 Å². The van der Waals surface area contributed by atoms with Gasteiger partial charge in [-0.25, -0.2) is 9.50 Å². The number of nitrogens with zero attached hydrogens (tertiary/aromatic N) is 5. The molecule has 0 fully saturated rings. The van der Waals surface area contributed by atoms with Crippen LogP contribution in [0.3, 0.4) is 0 Å². The number of thioether (sulfide) groups is 1. The Bertz CT molecular complexity index is 1310. The summed E-state index contributed by atoms with van der Waals surface area (Å²) in [7, 11) is 0. The Kier molecular flexibility index (Phi) is 4.82. The molecule has 1 aromatic carbocycles. The van der Waals surface area contributed by atoms with Crippen molar-refractivity contribution in [3.05, 3.63) is 50.9 Å². The fourth-order valence-electron chi connectivity index (χ4n) is 4.21. The number of halogens is 1. The van der Waals surface area contributed by atoms with Gasteiger partial charge >= 0.3 is 0 Å². The van der Waals surface area contributed by atoms with Gasteiger partial charge in [-0.3, -0.25) is 4.79 Å². The van der Waals surface area contributed by atoms with Crippen molar-refractivity contribution in [2.24, 2.45) is 0 Å². The molecule has 0 aliphatic carbocycles. The number of H-pyrrole nitrogens is 1. The van der Waals surface area contributed by atoms with Gasteiger partial charge < -0.3 is 9.88 Å². The minimum atomic E-state index is 0.113. The lowest BCUT2D eigenvalue weighted by Gasteiger charge is -2.27. The monoisotopic (exact) mass is 484 g/mol. The number of aromatic nitrogens is 5. The predicted octanol–water partition coefficient (Wildman–Crippen LogP) is 3.83. The third-order valence-electron chi connectivity index (χ3n) is 5.85. The Hall–Kier alpha value is -2.39. The van der Waals surface area contributed by atoms with E-state index in [4.69, 9.17) is 0 Å².